The molecule has 0 saturated heterocycles. The van der Waals surface area contributed by atoms with Crippen LogP contribution in [0.25, 0.3) is 28.2 Å². The molecule has 0 atom stereocenters. The molecule has 2 aromatic carbocycles. The average Bonchev–Trinajstić information content (AvgIpc) is 3.46. The number of imidazole rings is 1. The van der Waals surface area contributed by atoms with Gasteiger partial charge in [0.15, 0.2) is 16.5 Å². The van der Waals surface area contributed by atoms with Crippen molar-refractivity contribution in [1.29, 1.82) is 0 Å². The van der Waals surface area contributed by atoms with Crippen molar-refractivity contribution in [2.24, 2.45) is 5.73 Å². The van der Waals surface area contributed by atoms with Gasteiger partial charge in [0, 0.05) is 16.5 Å². The fourth-order valence-corrected chi connectivity index (χ4v) is 4.14. The Bertz CT molecular complexity index is 1490. The van der Waals surface area contributed by atoms with E-state index < -0.39 is 11.8 Å². The molecule has 0 saturated carbocycles. The molecule has 0 aliphatic heterocycles. The zero-order valence-corrected chi connectivity index (χ0v) is 18.3. The van der Waals surface area contributed by atoms with Crippen LogP contribution in [0, 0.1) is 6.92 Å². The lowest BCUT2D eigenvalue weighted by Crippen LogP contribution is -2.17. The number of carbonyl (C=O) groups is 2. The van der Waals surface area contributed by atoms with E-state index in [0.717, 1.165) is 22.4 Å². The summed E-state index contributed by atoms with van der Waals surface area (Å²) < 4.78 is 1.45. The molecular weight excluding hydrogens is 436 g/mol. The SMILES string of the molecule is Cc1ccc(-c2csc(NC(=O)c3cc(-c4ccccc4)nc4c(C(N)=O)ncn34)n2)cc1. The van der Waals surface area contributed by atoms with Crippen molar-refractivity contribution < 1.29 is 9.59 Å². The first kappa shape index (κ1) is 20.5. The van der Waals surface area contributed by atoms with Crippen LogP contribution in [0.1, 0.15) is 26.5 Å². The highest BCUT2D eigenvalue weighted by Crippen LogP contribution is 2.26. The molecule has 9 heteroatoms. The monoisotopic (exact) mass is 454 g/mol. The van der Waals surface area contributed by atoms with Gasteiger partial charge < -0.3 is 5.73 Å². The Hall–Kier alpha value is -4.37. The maximum atomic E-state index is 13.2. The van der Waals surface area contributed by atoms with Gasteiger partial charge in [-0.2, -0.15) is 0 Å². The third-order valence-corrected chi connectivity index (χ3v) is 5.87. The maximum Gasteiger partial charge on any atom is 0.274 e. The molecule has 0 unspecified atom stereocenters. The smallest absolute Gasteiger partial charge is 0.274 e. The number of hydrogen-bond acceptors (Lipinski definition) is 6. The molecule has 3 heterocycles. The lowest BCUT2D eigenvalue weighted by Gasteiger charge is -2.09. The van der Waals surface area contributed by atoms with E-state index in [1.54, 1.807) is 6.07 Å². The maximum absolute atomic E-state index is 13.2. The van der Waals surface area contributed by atoms with Gasteiger partial charge in [-0.05, 0) is 13.0 Å². The lowest BCUT2D eigenvalue weighted by atomic mass is 10.1. The third kappa shape index (κ3) is 3.97. The number of nitrogens with zero attached hydrogens (tertiary/aromatic N) is 4. The lowest BCUT2D eigenvalue weighted by molar-refractivity contribution is 0.0993. The van der Waals surface area contributed by atoms with Crippen LogP contribution in [0.5, 0.6) is 0 Å². The minimum absolute atomic E-state index is 0.00210. The number of carbonyl (C=O) groups excluding carboxylic acids is 2. The fourth-order valence-electron chi connectivity index (χ4n) is 3.43. The summed E-state index contributed by atoms with van der Waals surface area (Å²) in [4.78, 5) is 38.2. The van der Waals surface area contributed by atoms with Gasteiger partial charge >= 0.3 is 0 Å². The van der Waals surface area contributed by atoms with Crippen molar-refractivity contribution in [3.05, 3.63) is 89.3 Å². The predicted octanol–water partition coefficient (Wildman–Crippen LogP) is 4.18. The Kier molecular flexibility index (Phi) is 5.15. The average molecular weight is 455 g/mol. The Morgan fingerprint density at radius 1 is 0.970 bits per heavy atom. The van der Waals surface area contributed by atoms with Crippen LogP contribution in [0.3, 0.4) is 0 Å². The normalized spacial score (nSPS) is 10.9. The van der Waals surface area contributed by atoms with Crippen LogP contribution >= 0.6 is 11.3 Å². The molecule has 162 valence electrons. The number of anilines is 1. The molecule has 5 rings (SSSR count). The zero-order chi connectivity index (χ0) is 22.9. The predicted molar refractivity (Wildman–Crippen MR) is 127 cm³/mol. The van der Waals surface area contributed by atoms with E-state index in [4.69, 9.17) is 5.73 Å². The largest absolute Gasteiger partial charge is 0.364 e. The molecule has 33 heavy (non-hydrogen) atoms. The number of benzene rings is 2. The van der Waals surface area contributed by atoms with Gasteiger partial charge in [0.2, 0.25) is 0 Å². The van der Waals surface area contributed by atoms with E-state index in [-0.39, 0.29) is 17.0 Å². The number of nitrogens with two attached hydrogens (primary N) is 1. The number of aromatic nitrogens is 4. The number of thiazole rings is 1. The molecule has 0 aliphatic carbocycles. The van der Waals surface area contributed by atoms with Gasteiger partial charge in [0.1, 0.15) is 12.0 Å². The summed E-state index contributed by atoms with van der Waals surface area (Å²) in [5, 5.41) is 5.19. The Morgan fingerprint density at radius 3 is 2.42 bits per heavy atom. The summed E-state index contributed by atoms with van der Waals surface area (Å²) in [6.07, 6.45) is 1.37. The number of rotatable bonds is 5. The Balaban J connectivity index is 1.53. The Labute approximate surface area is 192 Å². The van der Waals surface area contributed by atoms with E-state index in [1.807, 2.05) is 66.9 Å². The summed E-state index contributed by atoms with van der Waals surface area (Å²) in [5.74, 6) is -1.12. The quantitative estimate of drug-likeness (QED) is 0.413. The molecule has 3 N–H and O–H groups in total. The molecule has 2 amide bonds. The number of nitrogens with one attached hydrogen (secondary N) is 1. The van der Waals surface area contributed by atoms with Crippen LogP contribution in [0.15, 0.2) is 72.4 Å². The second kappa shape index (κ2) is 8.29. The second-order valence-electron chi connectivity index (χ2n) is 7.40. The summed E-state index contributed by atoms with van der Waals surface area (Å²) >= 11 is 1.33. The number of primary amides is 1. The summed E-state index contributed by atoms with van der Waals surface area (Å²) in [6.45, 7) is 2.02. The van der Waals surface area contributed by atoms with Crippen LogP contribution in [-0.4, -0.2) is 31.2 Å². The first-order chi connectivity index (χ1) is 16.0. The van der Waals surface area contributed by atoms with Gasteiger partial charge in [-0.3, -0.25) is 19.3 Å². The first-order valence-electron chi connectivity index (χ1n) is 10.1. The molecule has 8 nitrogen and oxygen atoms in total. The van der Waals surface area contributed by atoms with Gasteiger partial charge in [-0.25, -0.2) is 15.0 Å². The van der Waals surface area contributed by atoms with E-state index in [0.29, 0.717) is 10.8 Å². The minimum Gasteiger partial charge on any atom is -0.364 e. The standard InChI is InChI=1S/C24H18N6O2S/c1-14-7-9-16(10-8-14)18-12-33-24(28-18)29-23(32)19-11-17(15-5-3-2-4-6-15)27-22-20(21(25)31)26-13-30(19)22/h2-13H,1H3,(H2,25,31)(H,28,29,32). The number of hydrogen-bond donors (Lipinski definition) is 2. The van der Waals surface area contributed by atoms with Crippen LogP contribution < -0.4 is 11.1 Å². The summed E-state index contributed by atoms with van der Waals surface area (Å²) in [6, 6.07) is 19.0. The zero-order valence-electron chi connectivity index (χ0n) is 17.5. The van der Waals surface area contributed by atoms with Crippen molar-refractivity contribution in [2.75, 3.05) is 5.32 Å². The topological polar surface area (TPSA) is 115 Å². The van der Waals surface area contributed by atoms with E-state index >= 15 is 0 Å². The van der Waals surface area contributed by atoms with E-state index in [1.165, 1.54) is 22.1 Å². The number of amides is 2. The van der Waals surface area contributed by atoms with Crippen molar-refractivity contribution in [3.63, 3.8) is 0 Å². The highest BCUT2D eigenvalue weighted by molar-refractivity contribution is 7.14. The molecule has 0 fully saturated rings. The van der Waals surface area contributed by atoms with Gasteiger partial charge in [0.25, 0.3) is 11.8 Å². The first-order valence-corrected chi connectivity index (χ1v) is 10.9. The minimum atomic E-state index is -0.718. The molecule has 0 radical (unpaired) electrons. The second-order valence-corrected chi connectivity index (χ2v) is 8.26. The highest BCUT2D eigenvalue weighted by Gasteiger charge is 2.20. The van der Waals surface area contributed by atoms with Crippen LogP contribution in [0.2, 0.25) is 0 Å². The van der Waals surface area contributed by atoms with Crippen molar-refractivity contribution in [3.8, 4) is 22.5 Å². The van der Waals surface area contributed by atoms with E-state index in [2.05, 4.69) is 20.3 Å². The summed E-state index contributed by atoms with van der Waals surface area (Å²) in [7, 11) is 0. The van der Waals surface area contributed by atoms with Gasteiger partial charge in [-0.15, -0.1) is 11.3 Å². The molecule has 0 aliphatic rings. The van der Waals surface area contributed by atoms with Crippen molar-refractivity contribution in [1.82, 2.24) is 19.4 Å². The molecule has 0 spiro atoms. The molecular formula is C24H18N6O2S. The van der Waals surface area contributed by atoms with Gasteiger partial charge in [0.05, 0.1) is 11.4 Å². The third-order valence-electron chi connectivity index (χ3n) is 5.11. The highest BCUT2D eigenvalue weighted by atomic mass is 32.1. The summed E-state index contributed by atoms with van der Waals surface area (Å²) in [5.41, 5.74) is 10.2. The van der Waals surface area contributed by atoms with Gasteiger partial charge in [-0.1, -0.05) is 60.2 Å². The number of aryl methyl sites for hydroxylation is 1. The number of fused-ring (bicyclic) bond motifs is 1. The van der Waals surface area contributed by atoms with Crippen LogP contribution in [0.4, 0.5) is 5.13 Å². The Morgan fingerprint density at radius 2 is 1.70 bits per heavy atom. The van der Waals surface area contributed by atoms with Crippen molar-refractivity contribution in [2.45, 2.75) is 6.92 Å². The molecule has 5 aromatic rings. The molecule has 0 bridgehead atoms. The van der Waals surface area contributed by atoms with Crippen molar-refractivity contribution >= 4 is 33.9 Å². The van der Waals surface area contributed by atoms with Crippen LogP contribution in [-0.2, 0) is 0 Å². The fraction of sp³-hybridized carbons (Fsp3) is 0.0417. The molecule has 3 aromatic heterocycles. The van der Waals surface area contributed by atoms with E-state index in [9.17, 15) is 9.59 Å².